The van der Waals surface area contributed by atoms with Gasteiger partial charge in [-0.15, -0.1) is 0 Å². The van der Waals surface area contributed by atoms with Crippen LogP contribution in [0.4, 0.5) is 18.9 Å². The second-order valence-electron chi connectivity index (χ2n) is 4.78. The van der Waals surface area contributed by atoms with Gasteiger partial charge in [-0.2, -0.15) is 13.2 Å². The number of benzene rings is 1. The second-order valence-corrected chi connectivity index (χ2v) is 5.63. The summed E-state index contributed by atoms with van der Waals surface area (Å²) in [6, 6.07) is 1.52. The molecule has 1 fully saturated rings. The van der Waals surface area contributed by atoms with Crippen LogP contribution < -0.4 is 11.1 Å². The van der Waals surface area contributed by atoms with Crippen LogP contribution in [-0.2, 0) is 10.9 Å². The van der Waals surface area contributed by atoms with Crippen molar-refractivity contribution in [3.8, 4) is 0 Å². The van der Waals surface area contributed by atoms with Gasteiger partial charge in [0.1, 0.15) is 0 Å². The summed E-state index contributed by atoms with van der Waals surface area (Å²) in [5, 5.41) is 2.69. The van der Waals surface area contributed by atoms with Crippen molar-refractivity contribution < 1.29 is 22.7 Å². The monoisotopic (exact) mass is 366 g/mol. The number of halogens is 4. The van der Waals surface area contributed by atoms with Crippen LogP contribution in [0, 0.1) is 0 Å². The zero-order valence-corrected chi connectivity index (χ0v) is 12.6. The molecule has 4 nitrogen and oxygen atoms in total. The van der Waals surface area contributed by atoms with E-state index in [4.69, 9.17) is 10.5 Å². The molecule has 116 valence electrons. The minimum atomic E-state index is -4.54. The molecule has 1 saturated heterocycles. The number of nitrogens with two attached hydrogens (primary N) is 1. The van der Waals surface area contributed by atoms with E-state index >= 15 is 0 Å². The number of hydrogen-bond donors (Lipinski definition) is 2. The van der Waals surface area contributed by atoms with Crippen molar-refractivity contribution >= 4 is 27.5 Å². The third-order valence-electron chi connectivity index (χ3n) is 3.26. The quantitative estimate of drug-likeness (QED) is 0.790. The van der Waals surface area contributed by atoms with E-state index < -0.39 is 17.6 Å². The summed E-state index contributed by atoms with van der Waals surface area (Å²) in [4.78, 5) is 12.1. The Morgan fingerprint density at radius 1 is 1.33 bits per heavy atom. The van der Waals surface area contributed by atoms with E-state index in [0.29, 0.717) is 26.1 Å². The lowest BCUT2D eigenvalue weighted by molar-refractivity contribution is -0.137. The van der Waals surface area contributed by atoms with Gasteiger partial charge in [0.2, 0.25) is 0 Å². The van der Waals surface area contributed by atoms with Crippen LogP contribution in [0.5, 0.6) is 0 Å². The Balaban J connectivity index is 2.25. The first-order valence-electron chi connectivity index (χ1n) is 6.34. The number of carbonyl (C=O) groups is 1. The average Bonchev–Trinajstić information content (AvgIpc) is 2.41. The fraction of sp³-hybridized carbons (Fsp3) is 0.462. The molecule has 8 heteroatoms. The first-order valence-corrected chi connectivity index (χ1v) is 7.13. The van der Waals surface area contributed by atoms with Crippen molar-refractivity contribution in [3.63, 3.8) is 0 Å². The standard InChI is InChI=1S/C13H14BrF3N2O2/c14-10-6-7(13(15,16)17)5-9(11(10)18)12(20)19-8-1-3-21-4-2-8/h5-6,8H,1-4,18H2,(H,19,20). The maximum atomic E-state index is 12.8. The fourth-order valence-electron chi connectivity index (χ4n) is 2.07. The Kier molecular flexibility index (Phi) is 4.77. The highest BCUT2D eigenvalue weighted by Crippen LogP contribution is 2.35. The molecule has 0 saturated carbocycles. The Morgan fingerprint density at radius 2 is 1.95 bits per heavy atom. The van der Waals surface area contributed by atoms with Gasteiger partial charge in [0.15, 0.2) is 0 Å². The normalized spacial score (nSPS) is 16.8. The number of alkyl halides is 3. The Bertz CT molecular complexity index is 543. The first kappa shape index (κ1) is 16.1. The van der Waals surface area contributed by atoms with E-state index in [0.717, 1.165) is 12.1 Å². The van der Waals surface area contributed by atoms with Gasteiger partial charge in [0, 0.05) is 23.7 Å². The molecule has 0 bridgehead atoms. The predicted molar refractivity (Wildman–Crippen MR) is 74.9 cm³/mol. The SMILES string of the molecule is Nc1c(Br)cc(C(F)(F)F)cc1C(=O)NC1CCOCC1. The Hall–Kier alpha value is -1.28. The summed E-state index contributed by atoms with van der Waals surface area (Å²) in [6.45, 7) is 1.04. The zero-order chi connectivity index (χ0) is 15.6. The molecular formula is C13H14BrF3N2O2. The smallest absolute Gasteiger partial charge is 0.397 e. The zero-order valence-electron chi connectivity index (χ0n) is 11.0. The van der Waals surface area contributed by atoms with Crippen molar-refractivity contribution in [2.45, 2.75) is 25.1 Å². The molecule has 21 heavy (non-hydrogen) atoms. The molecule has 0 unspecified atom stereocenters. The molecule has 2 rings (SSSR count). The molecule has 0 aliphatic carbocycles. The molecule has 3 N–H and O–H groups in total. The molecule has 1 aliphatic heterocycles. The van der Waals surface area contributed by atoms with E-state index in [1.54, 1.807) is 0 Å². The number of nitrogens with one attached hydrogen (secondary N) is 1. The minimum Gasteiger partial charge on any atom is -0.397 e. The summed E-state index contributed by atoms with van der Waals surface area (Å²) >= 11 is 2.96. The molecule has 0 spiro atoms. The number of hydrogen-bond acceptors (Lipinski definition) is 3. The molecule has 0 atom stereocenters. The molecule has 1 aromatic rings. The van der Waals surface area contributed by atoms with Crippen LogP contribution in [0.2, 0.25) is 0 Å². The molecule has 1 aromatic carbocycles. The molecule has 1 aliphatic rings. The topological polar surface area (TPSA) is 64.4 Å². The minimum absolute atomic E-state index is 0.00689. The lowest BCUT2D eigenvalue weighted by atomic mass is 10.1. The van der Waals surface area contributed by atoms with Gasteiger partial charge in [0.05, 0.1) is 16.8 Å². The van der Waals surface area contributed by atoms with Gasteiger partial charge in [0.25, 0.3) is 5.91 Å². The van der Waals surface area contributed by atoms with Gasteiger partial charge in [-0.1, -0.05) is 0 Å². The first-order chi connectivity index (χ1) is 9.79. The van der Waals surface area contributed by atoms with Crippen LogP contribution >= 0.6 is 15.9 Å². The van der Waals surface area contributed by atoms with Crippen molar-refractivity contribution in [1.82, 2.24) is 5.32 Å². The lowest BCUT2D eigenvalue weighted by Gasteiger charge is -2.23. The number of nitrogen functional groups attached to an aromatic ring is 1. The summed E-state index contributed by atoms with van der Waals surface area (Å²) in [7, 11) is 0. The Labute approximate surface area is 128 Å². The average molecular weight is 367 g/mol. The van der Waals surface area contributed by atoms with Gasteiger partial charge in [-0.3, -0.25) is 4.79 Å². The van der Waals surface area contributed by atoms with E-state index in [2.05, 4.69) is 21.2 Å². The molecule has 0 radical (unpaired) electrons. The van der Waals surface area contributed by atoms with E-state index in [-0.39, 0.29) is 21.8 Å². The highest BCUT2D eigenvalue weighted by molar-refractivity contribution is 9.10. The van der Waals surface area contributed by atoms with Crippen LogP contribution in [0.15, 0.2) is 16.6 Å². The third-order valence-corrected chi connectivity index (χ3v) is 3.91. The number of carbonyl (C=O) groups excluding carboxylic acids is 1. The van der Waals surface area contributed by atoms with Gasteiger partial charge < -0.3 is 15.8 Å². The van der Waals surface area contributed by atoms with E-state index in [1.165, 1.54) is 0 Å². The molecule has 1 heterocycles. The summed E-state index contributed by atoms with van der Waals surface area (Å²) < 4.78 is 43.6. The summed E-state index contributed by atoms with van der Waals surface area (Å²) in [6.07, 6.45) is -3.28. The van der Waals surface area contributed by atoms with E-state index in [9.17, 15) is 18.0 Å². The predicted octanol–water partition coefficient (Wildman–Crippen LogP) is 2.96. The lowest BCUT2D eigenvalue weighted by Crippen LogP contribution is -2.39. The summed E-state index contributed by atoms with van der Waals surface area (Å²) in [5.41, 5.74) is 4.60. The van der Waals surface area contributed by atoms with Crippen molar-refractivity contribution in [1.29, 1.82) is 0 Å². The number of anilines is 1. The fourth-order valence-corrected chi connectivity index (χ4v) is 2.53. The van der Waals surface area contributed by atoms with Gasteiger partial charge in [-0.05, 0) is 40.9 Å². The number of rotatable bonds is 2. The second kappa shape index (κ2) is 6.23. The highest BCUT2D eigenvalue weighted by Gasteiger charge is 2.33. The third kappa shape index (κ3) is 3.88. The van der Waals surface area contributed by atoms with Crippen LogP contribution in [0.3, 0.4) is 0 Å². The van der Waals surface area contributed by atoms with Crippen molar-refractivity contribution in [2.24, 2.45) is 0 Å². The molecular weight excluding hydrogens is 353 g/mol. The van der Waals surface area contributed by atoms with Gasteiger partial charge >= 0.3 is 6.18 Å². The Morgan fingerprint density at radius 3 is 2.52 bits per heavy atom. The van der Waals surface area contributed by atoms with Crippen LogP contribution in [-0.4, -0.2) is 25.2 Å². The number of ether oxygens (including phenoxy) is 1. The molecule has 1 amide bonds. The van der Waals surface area contributed by atoms with Crippen LogP contribution in [0.25, 0.3) is 0 Å². The largest absolute Gasteiger partial charge is 0.416 e. The maximum Gasteiger partial charge on any atom is 0.416 e. The molecule has 0 aromatic heterocycles. The van der Waals surface area contributed by atoms with E-state index in [1.807, 2.05) is 0 Å². The van der Waals surface area contributed by atoms with Gasteiger partial charge in [-0.25, -0.2) is 0 Å². The van der Waals surface area contributed by atoms with Crippen molar-refractivity contribution in [3.05, 3.63) is 27.7 Å². The van der Waals surface area contributed by atoms with Crippen molar-refractivity contribution in [2.75, 3.05) is 18.9 Å². The maximum absolute atomic E-state index is 12.8. The summed E-state index contributed by atoms with van der Waals surface area (Å²) in [5.74, 6) is -0.605. The van der Waals surface area contributed by atoms with Crippen LogP contribution in [0.1, 0.15) is 28.8 Å². The highest BCUT2D eigenvalue weighted by atomic mass is 79.9. The number of amides is 1.